The van der Waals surface area contributed by atoms with Crippen LogP contribution in [-0.4, -0.2) is 36.8 Å². The van der Waals surface area contributed by atoms with Crippen molar-refractivity contribution in [3.63, 3.8) is 0 Å². The predicted molar refractivity (Wildman–Crippen MR) is 73.4 cm³/mol. The molecule has 19 heavy (non-hydrogen) atoms. The first-order chi connectivity index (χ1) is 9.25. The summed E-state index contributed by atoms with van der Waals surface area (Å²) in [5, 5.41) is 18.4. The number of aliphatic carboxylic acids is 1. The van der Waals surface area contributed by atoms with Gasteiger partial charge in [0.25, 0.3) is 0 Å². The van der Waals surface area contributed by atoms with E-state index in [1.54, 1.807) is 0 Å². The average Bonchev–Trinajstić information content (AvgIpc) is 2.83. The Labute approximate surface area is 116 Å². The number of rotatable bonds is 3. The number of aryl methyl sites for hydroxylation is 1. The fourth-order valence-electron chi connectivity index (χ4n) is 3.02. The second-order valence-electron chi connectivity index (χ2n) is 5.34. The van der Waals surface area contributed by atoms with E-state index in [-0.39, 0.29) is 0 Å². The predicted octanol–water partition coefficient (Wildman–Crippen LogP) is 2.07. The lowest BCUT2D eigenvalue weighted by Gasteiger charge is -2.25. The number of hydrogen-bond donors (Lipinski definition) is 1. The number of carbonyl (C=O) groups is 1. The van der Waals surface area contributed by atoms with Crippen LogP contribution in [0.25, 0.3) is 0 Å². The van der Waals surface area contributed by atoms with E-state index in [4.69, 9.17) is 0 Å². The number of aromatic nitrogens is 3. The maximum atomic E-state index is 11.4. The summed E-state index contributed by atoms with van der Waals surface area (Å²) >= 11 is 1.99. The molecule has 2 unspecified atom stereocenters. The molecule has 0 amide bonds. The van der Waals surface area contributed by atoms with Crippen LogP contribution in [0, 0.1) is 0 Å². The van der Waals surface area contributed by atoms with Crippen LogP contribution >= 0.6 is 11.8 Å². The first-order valence-corrected chi connectivity index (χ1v) is 8.07. The fraction of sp³-hybridized carbons (Fsp3) is 0.769. The lowest BCUT2D eigenvalue weighted by molar-refractivity contribution is -0.141. The fourth-order valence-corrected chi connectivity index (χ4v) is 4.32. The first kappa shape index (κ1) is 13.0. The largest absolute Gasteiger partial charge is 0.480 e. The van der Waals surface area contributed by atoms with Gasteiger partial charge in [-0.1, -0.05) is 6.42 Å². The van der Waals surface area contributed by atoms with Crippen molar-refractivity contribution in [3.8, 4) is 0 Å². The molecule has 1 saturated heterocycles. The maximum Gasteiger partial charge on any atom is 0.326 e. The molecule has 0 spiro atoms. The van der Waals surface area contributed by atoms with Crippen molar-refractivity contribution in [2.24, 2.45) is 0 Å². The topological polar surface area (TPSA) is 68.0 Å². The third-order valence-electron chi connectivity index (χ3n) is 4.00. The quantitative estimate of drug-likeness (QED) is 0.918. The van der Waals surface area contributed by atoms with Crippen LogP contribution in [0.5, 0.6) is 0 Å². The molecule has 2 aliphatic heterocycles. The average molecular weight is 281 g/mol. The molecule has 3 heterocycles. The van der Waals surface area contributed by atoms with Gasteiger partial charge in [-0.25, -0.2) is 4.79 Å². The molecule has 6 heteroatoms. The second kappa shape index (κ2) is 5.53. The van der Waals surface area contributed by atoms with E-state index in [0.717, 1.165) is 30.9 Å². The monoisotopic (exact) mass is 281 g/mol. The van der Waals surface area contributed by atoms with E-state index in [2.05, 4.69) is 10.2 Å². The van der Waals surface area contributed by atoms with Crippen LogP contribution in [0.2, 0.25) is 0 Å². The standard InChI is InChI=1S/C13H19N3O2S/c17-13(18)10-5-3-6-11-14-15-12(16(10)11)8-9-4-1-2-7-19-9/h9-10H,1-8H2,(H,17,18). The molecule has 1 N–H and O–H groups in total. The number of hydrogen-bond acceptors (Lipinski definition) is 4. The Kier molecular flexibility index (Phi) is 3.77. The van der Waals surface area contributed by atoms with E-state index < -0.39 is 12.0 Å². The van der Waals surface area contributed by atoms with E-state index in [9.17, 15) is 9.90 Å². The van der Waals surface area contributed by atoms with Crippen LogP contribution in [0.4, 0.5) is 0 Å². The van der Waals surface area contributed by atoms with Gasteiger partial charge in [0.05, 0.1) is 0 Å². The first-order valence-electron chi connectivity index (χ1n) is 7.03. The summed E-state index contributed by atoms with van der Waals surface area (Å²) in [6.45, 7) is 0. The van der Waals surface area contributed by atoms with E-state index in [1.165, 1.54) is 25.0 Å². The highest BCUT2D eigenvalue weighted by Crippen LogP contribution is 2.30. The molecule has 0 radical (unpaired) electrons. The molecule has 5 nitrogen and oxygen atoms in total. The minimum absolute atomic E-state index is 0.456. The highest BCUT2D eigenvalue weighted by Gasteiger charge is 2.30. The van der Waals surface area contributed by atoms with Gasteiger partial charge in [-0.3, -0.25) is 0 Å². The van der Waals surface area contributed by atoms with E-state index in [0.29, 0.717) is 11.7 Å². The molecule has 0 saturated carbocycles. The number of carboxylic acid groups (broad SMARTS) is 1. The number of carboxylic acids is 1. The smallest absolute Gasteiger partial charge is 0.326 e. The molecule has 1 fully saturated rings. The third kappa shape index (κ3) is 2.63. The van der Waals surface area contributed by atoms with Crippen molar-refractivity contribution in [2.75, 3.05) is 5.75 Å². The molecule has 0 bridgehead atoms. The summed E-state index contributed by atoms with van der Waals surface area (Å²) < 4.78 is 1.89. The van der Waals surface area contributed by atoms with Crippen LogP contribution in [0.1, 0.15) is 49.8 Å². The molecule has 0 aliphatic carbocycles. The molecular formula is C13H19N3O2S. The van der Waals surface area contributed by atoms with Gasteiger partial charge in [-0.15, -0.1) is 10.2 Å². The molecule has 3 rings (SSSR count). The Hall–Kier alpha value is -1.04. The zero-order valence-electron chi connectivity index (χ0n) is 10.9. The Morgan fingerprint density at radius 3 is 2.95 bits per heavy atom. The summed E-state index contributed by atoms with van der Waals surface area (Å²) in [7, 11) is 0. The highest BCUT2D eigenvalue weighted by atomic mass is 32.2. The summed E-state index contributed by atoms with van der Waals surface area (Å²) in [4.78, 5) is 11.4. The van der Waals surface area contributed by atoms with Crippen LogP contribution < -0.4 is 0 Å². The molecular weight excluding hydrogens is 262 g/mol. The number of thioether (sulfide) groups is 1. The lowest BCUT2D eigenvalue weighted by Crippen LogP contribution is -2.28. The number of fused-ring (bicyclic) bond motifs is 1. The molecule has 1 aromatic rings. The molecule has 2 aliphatic rings. The minimum atomic E-state index is -0.752. The van der Waals surface area contributed by atoms with Gasteiger partial charge in [0.2, 0.25) is 0 Å². The minimum Gasteiger partial charge on any atom is -0.480 e. The van der Waals surface area contributed by atoms with Gasteiger partial charge in [0.1, 0.15) is 17.7 Å². The zero-order chi connectivity index (χ0) is 13.2. The van der Waals surface area contributed by atoms with Crippen LogP contribution in [-0.2, 0) is 17.6 Å². The summed E-state index contributed by atoms with van der Waals surface area (Å²) in [5.41, 5.74) is 0. The van der Waals surface area contributed by atoms with Crippen molar-refractivity contribution < 1.29 is 9.90 Å². The second-order valence-corrected chi connectivity index (χ2v) is 6.75. The Morgan fingerprint density at radius 2 is 2.21 bits per heavy atom. The van der Waals surface area contributed by atoms with Crippen molar-refractivity contribution in [1.29, 1.82) is 0 Å². The summed E-state index contributed by atoms with van der Waals surface area (Å²) in [6.07, 6.45) is 7.11. The summed E-state index contributed by atoms with van der Waals surface area (Å²) in [5.74, 6) is 2.20. The van der Waals surface area contributed by atoms with E-state index in [1.807, 2.05) is 16.3 Å². The molecule has 1 aromatic heterocycles. The van der Waals surface area contributed by atoms with Gasteiger partial charge in [-0.05, 0) is 31.4 Å². The van der Waals surface area contributed by atoms with Crippen LogP contribution in [0.15, 0.2) is 0 Å². The summed E-state index contributed by atoms with van der Waals surface area (Å²) in [6, 6.07) is -0.456. The Bertz CT molecular complexity index is 468. The normalized spacial score (nSPS) is 26.9. The maximum absolute atomic E-state index is 11.4. The van der Waals surface area contributed by atoms with Gasteiger partial charge in [0, 0.05) is 18.1 Å². The van der Waals surface area contributed by atoms with Gasteiger partial charge < -0.3 is 9.67 Å². The SMILES string of the molecule is O=C(O)C1CCCc2nnc(CC3CCCCS3)n21. The van der Waals surface area contributed by atoms with Crippen molar-refractivity contribution in [1.82, 2.24) is 14.8 Å². The van der Waals surface area contributed by atoms with Gasteiger partial charge in [-0.2, -0.15) is 11.8 Å². The van der Waals surface area contributed by atoms with Gasteiger partial charge in [0.15, 0.2) is 0 Å². The van der Waals surface area contributed by atoms with Crippen molar-refractivity contribution in [3.05, 3.63) is 11.6 Å². The molecule has 2 atom stereocenters. The van der Waals surface area contributed by atoms with Crippen LogP contribution in [0.3, 0.4) is 0 Å². The molecule has 104 valence electrons. The molecule has 0 aromatic carbocycles. The van der Waals surface area contributed by atoms with E-state index >= 15 is 0 Å². The number of nitrogens with zero attached hydrogens (tertiary/aromatic N) is 3. The lowest BCUT2D eigenvalue weighted by atomic mass is 10.0. The highest BCUT2D eigenvalue weighted by molar-refractivity contribution is 7.99. The Morgan fingerprint density at radius 1 is 1.32 bits per heavy atom. The van der Waals surface area contributed by atoms with Crippen molar-refractivity contribution in [2.45, 2.75) is 56.2 Å². The Balaban J connectivity index is 1.82. The third-order valence-corrected chi connectivity index (χ3v) is 5.39. The zero-order valence-corrected chi connectivity index (χ0v) is 11.7. The van der Waals surface area contributed by atoms with Gasteiger partial charge >= 0.3 is 5.97 Å². The van der Waals surface area contributed by atoms with Crippen molar-refractivity contribution >= 4 is 17.7 Å².